The van der Waals surface area contributed by atoms with Gasteiger partial charge in [0, 0.05) is 16.7 Å². The predicted molar refractivity (Wildman–Crippen MR) is 233 cm³/mol. The van der Waals surface area contributed by atoms with E-state index in [0.717, 1.165) is 27.8 Å². The molecule has 2 aliphatic carbocycles. The number of rotatable bonds is 4. The maximum atomic E-state index is 5.35. The third-order valence-electron chi connectivity index (χ3n) is 12.1. The second-order valence-corrected chi connectivity index (χ2v) is 15.1. The average molecular weight is 724 g/mol. The van der Waals surface area contributed by atoms with E-state index in [4.69, 9.17) is 15.0 Å². The minimum atomic E-state index is -0.539. The Balaban J connectivity index is 1.15. The van der Waals surface area contributed by atoms with Crippen molar-refractivity contribution >= 4 is 21.5 Å². The van der Waals surface area contributed by atoms with Crippen molar-refractivity contribution in [3.63, 3.8) is 0 Å². The van der Waals surface area contributed by atoms with E-state index in [1.807, 2.05) is 24.3 Å². The zero-order chi connectivity index (χ0) is 37.5. The number of benzene rings is 9. The van der Waals surface area contributed by atoms with Crippen LogP contribution in [0.3, 0.4) is 0 Å². The molecule has 0 aliphatic heterocycles. The van der Waals surface area contributed by atoms with Gasteiger partial charge in [-0.05, 0) is 108 Å². The number of hydrogen-bond acceptors (Lipinski definition) is 3. The fraction of sp³-hybridized carbons (Fsp3) is 0.0185. The fourth-order valence-corrected chi connectivity index (χ4v) is 9.60. The van der Waals surface area contributed by atoms with Crippen LogP contribution in [0.5, 0.6) is 0 Å². The van der Waals surface area contributed by atoms with Crippen LogP contribution in [0.4, 0.5) is 0 Å². The van der Waals surface area contributed by atoms with E-state index in [0.29, 0.717) is 17.5 Å². The second kappa shape index (κ2) is 12.3. The van der Waals surface area contributed by atoms with Gasteiger partial charge in [0.1, 0.15) is 0 Å². The lowest BCUT2D eigenvalue weighted by Gasteiger charge is -2.31. The van der Waals surface area contributed by atoms with E-state index >= 15 is 0 Å². The Morgan fingerprint density at radius 2 is 0.719 bits per heavy atom. The van der Waals surface area contributed by atoms with Crippen LogP contribution in [0.15, 0.2) is 200 Å². The molecule has 264 valence electrons. The SMILES string of the molecule is c1ccc(-c2cccc(-c3nc(-c4ccccc4)nc(-c4cccc5c4-c4ccccc4C54c5cc6ccccc6cc5-c5cc6ccccc6cc54)n3)c2)cc1. The molecule has 0 saturated heterocycles. The van der Waals surface area contributed by atoms with E-state index in [1.54, 1.807) is 0 Å². The normalized spacial score (nSPS) is 13.1. The van der Waals surface area contributed by atoms with E-state index < -0.39 is 5.41 Å². The molecule has 1 spiro atoms. The first-order valence-electron chi connectivity index (χ1n) is 19.5. The van der Waals surface area contributed by atoms with Crippen molar-refractivity contribution in [2.45, 2.75) is 5.41 Å². The third kappa shape index (κ3) is 4.69. The maximum Gasteiger partial charge on any atom is 0.164 e. The molecule has 3 heteroatoms. The standard InChI is InChI=1S/C54H33N3/c1-3-15-34(16-4-1)36-23-13-24-41(29-36)52-55-51(35-17-5-2-6-18-35)56-53(57-52)43-26-14-28-47-50(43)42-25-11-12-27-46(42)54(47)48-32-39-21-9-7-19-37(39)30-44(48)45-31-38-20-8-10-22-40(38)33-49(45)54/h1-33H. The van der Waals surface area contributed by atoms with Crippen LogP contribution in [0.25, 0.3) is 89.1 Å². The van der Waals surface area contributed by atoms with Crippen LogP contribution in [0, 0.1) is 0 Å². The Kier molecular flexibility index (Phi) is 6.84. The molecule has 1 aromatic heterocycles. The topological polar surface area (TPSA) is 38.7 Å². The molecule has 0 amide bonds. The minimum Gasteiger partial charge on any atom is -0.208 e. The van der Waals surface area contributed by atoms with Gasteiger partial charge in [-0.2, -0.15) is 0 Å². The first kappa shape index (κ1) is 31.8. The largest absolute Gasteiger partial charge is 0.208 e. The number of fused-ring (bicyclic) bond motifs is 12. The molecule has 12 rings (SSSR count). The molecule has 0 fully saturated rings. The van der Waals surface area contributed by atoms with Gasteiger partial charge in [0.2, 0.25) is 0 Å². The maximum absolute atomic E-state index is 5.35. The Morgan fingerprint density at radius 1 is 0.263 bits per heavy atom. The molecule has 1 heterocycles. The summed E-state index contributed by atoms with van der Waals surface area (Å²) in [5.74, 6) is 1.95. The molecule has 0 bridgehead atoms. The van der Waals surface area contributed by atoms with Gasteiger partial charge in [0.05, 0.1) is 5.41 Å². The van der Waals surface area contributed by atoms with Gasteiger partial charge in [-0.1, -0.05) is 170 Å². The molecule has 9 aromatic carbocycles. The molecule has 0 atom stereocenters. The van der Waals surface area contributed by atoms with Gasteiger partial charge >= 0.3 is 0 Å². The van der Waals surface area contributed by atoms with Crippen molar-refractivity contribution in [2.24, 2.45) is 0 Å². The smallest absolute Gasteiger partial charge is 0.164 e. The summed E-state index contributed by atoms with van der Waals surface area (Å²) >= 11 is 0. The Bertz CT molecular complexity index is 3150. The Labute approximate surface area is 330 Å². The van der Waals surface area contributed by atoms with Gasteiger partial charge in [-0.25, -0.2) is 15.0 Å². The highest BCUT2D eigenvalue weighted by Crippen LogP contribution is 2.64. The lowest BCUT2D eigenvalue weighted by Crippen LogP contribution is -2.26. The summed E-state index contributed by atoms with van der Waals surface area (Å²) in [5, 5.41) is 4.97. The van der Waals surface area contributed by atoms with Crippen molar-refractivity contribution < 1.29 is 0 Å². The number of hydrogen-bond donors (Lipinski definition) is 0. The molecular weight excluding hydrogens is 691 g/mol. The van der Waals surface area contributed by atoms with Crippen LogP contribution < -0.4 is 0 Å². The Hall–Kier alpha value is -7.49. The highest BCUT2D eigenvalue weighted by atomic mass is 15.0. The summed E-state index contributed by atoms with van der Waals surface area (Å²) in [6, 6.07) is 72.2. The van der Waals surface area contributed by atoms with Crippen molar-refractivity contribution in [1.29, 1.82) is 0 Å². The second-order valence-electron chi connectivity index (χ2n) is 15.1. The van der Waals surface area contributed by atoms with Gasteiger partial charge in [0.25, 0.3) is 0 Å². The molecule has 57 heavy (non-hydrogen) atoms. The van der Waals surface area contributed by atoms with Crippen molar-refractivity contribution in [1.82, 2.24) is 15.0 Å². The van der Waals surface area contributed by atoms with E-state index in [1.165, 1.54) is 66.1 Å². The number of nitrogens with zero attached hydrogens (tertiary/aromatic N) is 3. The van der Waals surface area contributed by atoms with Crippen molar-refractivity contribution in [2.75, 3.05) is 0 Å². The van der Waals surface area contributed by atoms with E-state index in [2.05, 4.69) is 176 Å². The first-order valence-corrected chi connectivity index (χ1v) is 19.5. The lowest BCUT2D eigenvalue weighted by atomic mass is 9.70. The van der Waals surface area contributed by atoms with Crippen LogP contribution in [0.1, 0.15) is 22.3 Å². The predicted octanol–water partition coefficient (Wildman–Crippen LogP) is 13.2. The van der Waals surface area contributed by atoms with E-state index in [-0.39, 0.29) is 0 Å². The zero-order valence-electron chi connectivity index (χ0n) is 30.9. The highest BCUT2D eigenvalue weighted by Gasteiger charge is 2.52. The van der Waals surface area contributed by atoms with Crippen LogP contribution in [-0.4, -0.2) is 15.0 Å². The molecule has 0 saturated carbocycles. The average Bonchev–Trinajstić information content (AvgIpc) is 3.74. The number of aromatic nitrogens is 3. The molecule has 0 unspecified atom stereocenters. The monoisotopic (exact) mass is 723 g/mol. The van der Waals surface area contributed by atoms with Crippen LogP contribution in [0.2, 0.25) is 0 Å². The minimum absolute atomic E-state index is 0.539. The summed E-state index contributed by atoms with van der Waals surface area (Å²) in [7, 11) is 0. The summed E-state index contributed by atoms with van der Waals surface area (Å²) in [6.45, 7) is 0. The van der Waals surface area contributed by atoms with Crippen LogP contribution >= 0.6 is 0 Å². The van der Waals surface area contributed by atoms with Gasteiger partial charge in [0.15, 0.2) is 17.5 Å². The lowest BCUT2D eigenvalue weighted by molar-refractivity contribution is 0.796. The van der Waals surface area contributed by atoms with Gasteiger partial charge in [-0.3, -0.25) is 0 Å². The summed E-state index contributed by atoms with van der Waals surface area (Å²) < 4.78 is 0. The highest BCUT2D eigenvalue weighted by molar-refractivity contribution is 6.05. The third-order valence-corrected chi connectivity index (χ3v) is 12.1. The summed E-state index contributed by atoms with van der Waals surface area (Å²) in [5.41, 5.74) is 14.7. The van der Waals surface area contributed by atoms with Crippen molar-refractivity contribution in [3.05, 3.63) is 222 Å². The molecule has 0 N–H and O–H groups in total. The van der Waals surface area contributed by atoms with Gasteiger partial charge < -0.3 is 0 Å². The molecule has 10 aromatic rings. The quantitative estimate of drug-likeness (QED) is 0.181. The molecular formula is C54H33N3. The van der Waals surface area contributed by atoms with Crippen molar-refractivity contribution in [3.8, 4) is 67.5 Å². The van der Waals surface area contributed by atoms with Crippen LogP contribution in [-0.2, 0) is 5.41 Å². The molecule has 3 nitrogen and oxygen atoms in total. The molecule has 2 aliphatic rings. The first-order chi connectivity index (χ1) is 28.2. The van der Waals surface area contributed by atoms with Gasteiger partial charge in [-0.15, -0.1) is 0 Å². The zero-order valence-corrected chi connectivity index (χ0v) is 30.9. The fourth-order valence-electron chi connectivity index (χ4n) is 9.60. The summed E-state index contributed by atoms with van der Waals surface area (Å²) in [4.78, 5) is 15.8. The summed E-state index contributed by atoms with van der Waals surface area (Å²) in [6.07, 6.45) is 0. The Morgan fingerprint density at radius 3 is 1.39 bits per heavy atom. The van der Waals surface area contributed by atoms with E-state index in [9.17, 15) is 0 Å². The molecule has 0 radical (unpaired) electrons.